The highest BCUT2D eigenvalue weighted by molar-refractivity contribution is 7.17. The van der Waals surface area contributed by atoms with Crippen LogP contribution in [0, 0.1) is 20.8 Å². The van der Waals surface area contributed by atoms with Gasteiger partial charge in [0.2, 0.25) is 0 Å². The third-order valence-electron chi connectivity index (χ3n) is 4.45. The molecule has 0 bridgehead atoms. The summed E-state index contributed by atoms with van der Waals surface area (Å²) >= 11 is 1.83. The Hall–Kier alpha value is -2.13. The molecule has 0 aliphatic rings. The van der Waals surface area contributed by atoms with Crippen molar-refractivity contribution in [3.8, 4) is 0 Å². The van der Waals surface area contributed by atoms with Crippen molar-refractivity contribution in [2.45, 2.75) is 27.2 Å². The van der Waals surface area contributed by atoms with Crippen molar-refractivity contribution in [1.29, 1.82) is 0 Å². The van der Waals surface area contributed by atoms with E-state index in [0.29, 0.717) is 0 Å². The number of hydrogen-bond acceptors (Lipinski definition) is 2. The summed E-state index contributed by atoms with van der Waals surface area (Å²) in [5.41, 5.74) is 7.64. The van der Waals surface area contributed by atoms with Gasteiger partial charge in [-0.3, -0.25) is 0 Å². The Balaban J connectivity index is 1.84. The van der Waals surface area contributed by atoms with Gasteiger partial charge in [0.15, 0.2) is 0 Å². The Kier molecular flexibility index (Phi) is 3.05. The second-order valence-electron chi connectivity index (χ2n) is 6.00. The lowest BCUT2D eigenvalue weighted by atomic mass is 10.0. The van der Waals surface area contributed by atoms with Crippen molar-refractivity contribution in [3.05, 3.63) is 70.0 Å². The van der Waals surface area contributed by atoms with Crippen LogP contribution in [0.5, 0.6) is 0 Å². The number of fused-ring (bicyclic) bond motifs is 2. The number of thiophene rings is 1. The average molecular weight is 306 g/mol. The Morgan fingerprint density at radius 1 is 1.09 bits per heavy atom. The lowest BCUT2D eigenvalue weighted by Crippen LogP contribution is -1.96. The molecular formula is C19H18N2S. The van der Waals surface area contributed by atoms with Crippen LogP contribution in [0.3, 0.4) is 0 Å². The lowest BCUT2D eigenvalue weighted by molar-refractivity contribution is 1.02. The molecular weight excluding hydrogens is 288 g/mol. The molecule has 0 spiro atoms. The molecule has 0 unspecified atom stereocenters. The normalized spacial score (nSPS) is 11.6. The highest BCUT2D eigenvalue weighted by Crippen LogP contribution is 2.30. The third-order valence-corrected chi connectivity index (χ3v) is 5.44. The smallest absolute Gasteiger partial charge is 0.137 e. The molecule has 3 aromatic heterocycles. The van der Waals surface area contributed by atoms with E-state index in [1.54, 1.807) is 0 Å². The summed E-state index contributed by atoms with van der Waals surface area (Å²) in [5, 5.41) is 3.70. The van der Waals surface area contributed by atoms with Crippen molar-refractivity contribution in [2.24, 2.45) is 0 Å². The molecule has 1 aromatic carbocycles. The number of benzene rings is 1. The van der Waals surface area contributed by atoms with Crippen LogP contribution < -0.4 is 0 Å². The van der Waals surface area contributed by atoms with Gasteiger partial charge in [-0.25, -0.2) is 4.98 Å². The first kappa shape index (κ1) is 13.5. The van der Waals surface area contributed by atoms with Crippen molar-refractivity contribution in [3.63, 3.8) is 0 Å². The quantitative estimate of drug-likeness (QED) is 0.505. The van der Waals surface area contributed by atoms with E-state index >= 15 is 0 Å². The van der Waals surface area contributed by atoms with E-state index in [1.807, 2.05) is 17.5 Å². The monoisotopic (exact) mass is 306 g/mol. The molecule has 3 heterocycles. The van der Waals surface area contributed by atoms with Gasteiger partial charge in [0.1, 0.15) is 5.65 Å². The second kappa shape index (κ2) is 4.96. The maximum Gasteiger partial charge on any atom is 0.137 e. The van der Waals surface area contributed by atoms with Gasteiger partial charge in [0.05, 0.1) is 0 Å². The minimum absolute atomic E-state index is 0.925. The molecule has 0 radical (unpaired) electrons. The number of hydrogen-bond donors (Lipinski definition) is 0. The largest absolute Gasteiger partial charge is 0.303 e. The van der Waals surface area contributed by atoms with E-state index < -0.39 is 0 Å². The van der Waals surface area contributed by atoms with E-state index in [-0.39, 0.29) is 0 Å². The molecule has 110 valence electrons. The molecule has 4 rings (SSSR count). The minimum atomic E-state index is 0.925. The fourth-order valence-corrected chi connectivity index (χ4v) is 4.11. The highest BCUT2D eigenvalue weighted by atomic mass is 32.1. The van der Waals surface area contributed by atoms with Crippen LogP contribution >= 0.6 is 11.3 Å². The first-order chi connectivity index (χ1) is 10.6. The lowest BCUT2D eigenvalue weighted by Gasteiger charge is -2.06. The summed E-state index contributed by atoms with van der Waals surface area (Å²) in [7, 11) is 0. The molecule has 0 saturated carbocycles. The van der Waals surface area contributed by atoms with E-state index in [1.165, 1.54) is 38.0 Å². The molecule has 0 N–H and O–H groups in total. The summed E-state index contributed by atoms with van der Waals surface area (Å²) < 4.78 is 3.60. The highest BCUT2D eigenvalue weighted by Gasteiger charge is 2.11. The van der Waals surface area contributed by atoms with Gasteiger partial charge in [-0.05, 0) is 65.9 Å². The SMILES string of the molecule is Cc1cc2ncc(Cc3csc4cccc(C)c34)n2cc1C. The fraction of sp³-hybridized carbons (Fsp3) is 0.211. The Bertz CT molecular complexity index is 991. The van der Waals surface area contributed by atoms with Crippen LogP contribution in [0.1, 0.15) is 27.9 Å². The zero-order valence-electron chi connectivity index (χ0n) is 13.1. The van der Waals surface area contributed by atoms with E-state index in [0.717, 1.165) is 12.1 Å². The number of nitrogens with zero attached hydrogens (tertiary/aromatic N) is 2. The van der Waals surface area contributed by atoms with Crippen molar-refractivity contribution < 1.29 is 0 Å². The summed E-state index contributed by atoms with van der Waals surface area (Å²) in [5.74, 6) is 0. The Morgan fingerprint density at radius 3 is 2.82 bits per heavy atom. The summed E-state index contributed by atoms with van der Waals surface area (Å²) in [6.07, 6.45) is 5.14. The molecule has 2 nitrogen and oxygen atoms in total. The van der Waals surface area contributed by atoms with Crippen LogP contribution in [0.2, 0.25) is 0 Å². The predicted molar refractivity (Wildman–Crippen MR) is 94.0 cm³/mol. The molecule has 0 fully saturated rings. The van der Waals surface area contributed by atoms with Gasteiger partial charge in [0, 0.05) is 29.2 Å². The van der Waals surface area contributed by atoms with Crippen LogP contribution in [-0.2, 0) is 6.42 Å². The van der Waals surface area contributed by atoms with Crippen molar-refractivity contribution in [2.75, 3.05) is 0 Å². The van der Waals surface area contributed by atoms with Gasteiger partial charge < -0.3 is 4.40 Å². The van der Waals surface area contributed by atoms with E-state index in [9.17, 15) is 0 Å². The van der Waals surface area contributed by atoms with Crippen LogP contribution in [0.4, 0.5) is 0 Å². The number of aryl methyl sites for hydroxylation is 3. The zero-order valence-corrected chi connectivity index (χ0v) is 13.9. The number of imidazole rings is 1. The van der Waals surface area contributed by atoms with Gasteiger partial charge in [0.25, 0.3) is 0 Å². The van der Waals surface area contributed by atoms with Crippen LogP contribution in [0.25, 0.3) is 15.7 Å². The Morgan fingerprint density at radius 2 is 1.95 bits per heavy atom. The molecule has 0 aliphatic heterocycles. The maximum atomic E-state index is 4.57. The van der Waals surface area contributed by atoms with Crippen LogP contribution in [-0.4, -0.2) is 9.38 Å². The molecule has 4 aromatic rings. The van der Waals surface area contributed by atoms with E-state index in [4.69, 9.17) is 0 Å². The Labute approximate surface area is 134 Å². The number of aromatic nitrogens is 2. The molecule has 3 heteroatoms. The van der Waals surface area contributed by atoms with Crippen molar-refractivity contribution in [1.82, 2.24) is 9.38 Å². The van der Waals surface area contributed by atoms with Gasteiger partial charge in [-0.2, -0.15) is 0 Å². The first-order valence-corrected chi connectivity index (χ1v) is 8.40. The summed E-state index contributed by atoms with van der Waals surface area (Å²) in [4.78, 5) is 4.57. The fourth-order valence-electron chi connectivity index (χ4n) is 3.07. The standard InChI is InChI=1S/C19H18N2S/c1-12-5-4-6-17-19(12)15(11-22-17)8-16-9-20-18-7-13(2)14(3)10-21(16)18/h4-7,9-11H,8H2,1-3H3. The van der Waals surface area contributed by atoms with E-state index in [2.05, 4.69) is 66.0 Å². The van der Waals surface area contributed by atoms with Crippen LogP contribution in [0.15, 0.2) is 42.0 Å². The zero-order chi connectivity index (χ0) is 15.3. The summed E-state index contributed by atoms with van der Waals surface area (Å²) in [6, 6.07) is 8.70. The van der Waals surface area contributed by atoms with Crippen molar-refractivity contribution >= 4 is 27.1 Å². The van der Waals surface area contributed by atoms with Gasteiger partial charge in [-0.1, -0.05) is 12.1 Å². The first-order valence-electron chi connectivity index (χ1n) is 7.52. The average Bonchev–Trinajstić information content (AvgIpc) is 3.07. The second-order valence-corrected chi connectivity index (χ2v) is 6.91. The predicted octanol–water partition coefficient (Wildman–Crippen LogP) is 5.07. The summed E-state index contributed by atoms with van der Waals surface area (Å²) in [6.45, 7) is 6.49. The molecule has 0 aliphatic carbocycles. The number of pyridine rings is 1. The third kappa shape index (κ3) is 2.04. The van der Waals surface area contributed by atoms with Gasteiger partial charge >= 0.3 is 0 Å². The van der Waals surface area contributed by atoms with Gasteiger partial charge in [-0.15, -0.1) is 11.3 Å². The molecule has 0 saturated heterocycles. The topological polar surface area (TPSA) is 17.3 Å². The molecule has 0 atom stereocenters. The molecule has 22 heavy (non-hydrogen) atoms. The minimum Gasteiger partial charge on any atom is -0.303 e. The molecule has 0 amide bonds. The maximum absolute atomic E-state index is 4.57. The number of rotatable bonds is 2.